The van der Waals surface area contributed by atoms with Gasteiger partial charge in [0.15, 0.2) is 0 Å². The summed E-state index contributed by atoms with van der Waals surface area (Å²) >= 11 is 6.12. The zero-order valence-electron chi connectivity index (χ0n) is 17.6. The summed E-state index contributed by atoms with van der Waals surface area (Å²) in [5.41, 5.74) is 1.67. The van der Waals surface area contributed by atoms with E-state index in [1.54, 1.807) is 42.8 Å². The number of hydrogen-bond donors (Lipinski definition) is 1. The van der Waals surface area contributed by atoms with Crippen molar-refractivity contribution in [3.63, 3.8) is 0 Å². The Kier molecular flexibility index (Phi) is 5.48. The van der Waals surface area contributed by atoms with Gasteiger partial charge in [0.05, 0.1) is 11.2 Å². The molecule has 0 saturated heterocycles. The summed E-state index contributed by atoms with van der Waals surface area (Å²) in [6.45, 7) is 3.32. The molecule has 2 aromatic carbocycles. The van der Waals surface area contributed by atoms with Gasteiger partial charge in [0.25, 0.3) is 5.56 Å². The summed E-state index contributed by atoms with van der Waals surface area (Å²) in [5.74, 6) is -0.951. The number of hydrogen-bond acceptors (Lipinski definition) is 3. The van der Waals surface area contributed by atoms with Gasteiger partial charge in [0.2, 0.25) is 5.91 Å². The number of nitrogens with one attached hydrogen (secondary N) is 1. The van der Waals surface area contributed by atoms with Crippen molar-refractivity contribution in [2.24, 2.45) is 7.05 Å². The number of carbonyl (C=O) groups is 1. The maximum Gasteiger partial charge on any atom is 0.336 e. The van der Waals surface area contributed by atoms with Crippen molar-refractivity contribution in [3.05, 3.63) is 91.5 Å². The molecule has 7 nitrogen and oxygen atoms in total. The van der Waals surface area contributed by atoms with Gasteiger partial charge in [-0.15, -0.1) is 0 Å². The molecule has 164 valence electrons. The van der Waals surface area contributed by atoms with Crippen LogP contribution in [0.4, 0.5) is 10.1 Å². The lowest BCUT2D eigenvalue weighted by molar-refractivity contribution is -0.116. The van der Waals surface area contributed by atoms with Crippen LogP contribution in [0.3, 0.4) is 0 Å². The second kappa shape index (κ2) is 8.12. The van der Waals surface area contributed by atoms with Crippen molar-refractivity contribution in [3.8, 4) is 5.69 Å². The number of halogens is 2. The Morgan fingerprint density at radius 1 is 1.06 bits per heavy atom. The third kappa shape index (κ3) is 3.73. The van der Waals surface area contributed by atoms with E-state index in [1.165, 1.54) is 28.8 Å². The van der Waals surface area contributed by atoms with E-state index in [1.807, 2.05) is 6.92 Å². The molecule has 0 aliphatic heterocycles. The van der Waals surface area contributed by atoms with E-state index in [4.69, 9.17) is 11.6 Å². The van der Waals surface area contributed by atoms with E-state index in [9.17, 15) is 18.8 Å². The third-order valence-corrected chi connectivity index (χ3v) is 5.82. The number of benzene rings is 2. The van der Waals surface area contributed by atoms with E-state index in [0.717, 1.165) is 15.8 Å². The van der Waals surface area contributed by atoms with Gasteiger partial charge in [0.1, 0.15) is 17.9 Å². The lowest BCUT2D eigenvalue weighted by atomic mass is 10.2. The molecule has 2 aromatic heterocycles. The van der Waals surface area contributed by atoms with E-state index >= 15 is 0 Å². The summed E-state index contributed by atoms with van der Waals surface area (Å²) in [6.07, 6.45) is 0. The fourth-order valence-electron chi connectivity index (χ4n) is 3.57. The van der Waals surface area contributed by atoms with Gasteiger partial charge in [-0.3, -0.25) is 14.2 Å². The first kappa shape index (κ1) is 21.6. The van der Waals surface area contributed by atoms with Gasteiger partial charge in [-0.2, -0.15) is 0 Å². The van der Waals surface area contributed by atoms with Crippen LogP contribution in [0.5, 0.6) is 0 Å². The molecule has 1 amide bonds. The van der Waals surface area contributed by atoms with Crippen LogP contribution in [0.15, 0.2) is 58.1 Å². The number of anilines is 1. The average molecular weight is 455 g/mol. The van der Waals surface area contributed by atoms with Gasteiger partial charge in [-0.05, 0) is 61.9 Å². The van der Waals surface area contributed by atoms with Gasteiger partial charge in [0, 0.05) is 23.5 Å². The predicted molar refractivity (Wildman–Crippen MR) is 122 cm³/mol. The Morgan fingerprint density at radius 3 is 2.41 bits per heavy atom. The van der Waals surface area contributed by atoms with E-state index in [-0.39, 0.29) is 17.7 Å². The van der Waals surface area contributed by atoms with Crippen LogP contribution in [0.1, 0.15) is 11.3 Å². The summed E-state index contributed by atoms with van der Waals surface area (Å²) in [4.78, 5) is 39.3. The zero-order valence-corrected chi connectivity index (χ0v) is 18.4. The number of amides is 1. The number of carbonyl (C=O) groups excluding carboxylic acids is 1. The number of fused-ring (bicyclic) bond motifs is 1. The fourth-order valence-corrected chi connectivity index (χ4v) is 3.75. The smallest absolute Gasteiger partial charge is 0.336 e. The topological polar surface area (TPSA) is 78.0 Å². The van der Waals surface area contributed by atoms with Crippen molar-refractivity contribution in [2.45, 2.75) is 20.4 Å². The van der Waals surface area contributed by atoms with Gasteiger partial charge in [-0.25, -0.2) is 13.8 Å². The molecule has 1 N–H and O–H groups in total. The molecule has 0 bridgehead atoms. The first-order valence-corrected chi connectivity index (χ1v) is 10.2. The highest BCUT2D eigenvalue weighted by Crippen LogP contribution is 2.20. The first-order chi connectivity index (χ1) is 15.2. The third-order valence-electron chi connectivity index (χ3n) is 5.41. The van der Waals surface area contributed by atoms with Crippen molar-refractivity contribution in [1.82, 2.24) is 13.7 Å². The molecular weight excluding hydrogens is 435 g/mol. The molecule has 0 aliphatic rings. The summed E-state index contributed by atoms with van der Waals surface area (Å²) in [6, 6.07) is 11.8. The second-order valence-electron chi connectivity index (χ2n) is 7.58. The van der Waals surface area contributed by atoms with E-state index < -0.39 is 23.0 Å². The monoisotopic (exact) mass is 454 g/mol. The molecule has 4 aromatic rings. The molecule has 0 spiro atoms. The van der Waals surface area contributed by atoms with Crippen LogP contribution < -0.4 is 16.6 Å². The van der Waals surface area contributed by atoms with Crippen molar-refractivity contribution >= 4 is 34.2 Å². The Balaban J connectivity index is 1.84. The molecule has 0 radical (unpaired) electrons. The predicted octanol–water partition coefficient (Wildman–Crippen LogP) is 3.54. The largest absolute Gasteiger partial charge is 0.342 e. The highest BCUT2D eigenvalue weighted by Gasteiger charge is 2.20. The van der Waals surface area contributed by atoms with Crippen LogP contribution in [0.25, 0.3) is 16.7 Å². The molecule has 0 atom stereocenters. The van der Waals surface area contributed by atoms with E-state index in [2.05, 4.69) is 5.32 Å². The molecule has 0 fully saturated rings. The van der Waals surface area contributed by atoms with Crippen LogP contribution in [0, 0.1) is 19.7 Å². The summed E-state index contributed by atoms with van der Waals surface area (Å²) < 4.78 is 17.2. The van der Waals surface area contributed by atoms with Crippen LogP contribution >= 0.6 is 11.6 Å². The minimum absolute atomic E-state index is 0.210. The highest BCUT2D eigenvalue weighted by atomic mass is 35.5. The number of rotatable bonds is 4. The van der Waals surface area contributed by atoms with Crippen molar-refractivity contribution < 1.29 is 9.18 Å². The molecular formula is C23H20ClFN4O3. The Hall–Kier alpha value is -3.65. The van der Waals surface area contributed by atoms with Gasteiger partial charge >= 0.3 is 5.69 Å². The van der Waals surface area contributed by atoms with Crippen LogP contribution in [0.2, 0.25) is 5.02 Å². The summed E-state index contributed by atoms with van der Waals surface area (Å²) in [7, 11) is 1.71. The minimum atomic E-state index is -0.697. The number of aryl methyl sites for hydroxylation is 3. The van der Waals surface area contributed by atoms with Gasteiger partial charge in [-0.1, -0.05) is 17.7 Å². The van der Waals surface area contributed by atoms with Crippen LogP contribution in [-0.2, 0) is 18.4 Å². The number of nitrogens with zero attached hydrogens (tertiary/aromatic N) is 3. The molecule has 0 aliphatic carbocycles. The average Bonchev–Trinajstić information content (AvgIpc) is 3.04. The fraction of sp³-hybridized carbons (Fsp3) is 0.174. The summed E-state index contributed by atoms with van der Waals surface area (Å²) in [5, 5.41) is 3.23. The van der Waals surface area contributed by atoms with Crippen molar-refractivity contribution in [1.29, 1.82) is 0 Å². The number of aromatic nitrogens is 3. The maximum absolute atomic E-state index is 13.4. The van der Waals surface area contributed by atoms with E-state index in [0.29, 0.717) is 16.2 Å². The quantitative estimate of drug-likeness (QED) is 0.512. The maximum atomic E-state index is 13.4. The molecule has 0 saturated carbocycles. The lowest BCUT2D eigenvalue weighted by Crippen LogP contribution is -2.41. The SMILES string of the molecule is Cc1ccc(NC(=O)Cn2c(=O)n(-c3ccc(F)cc3)c(=O)c3c2cc(C)n3C)cc1Cl. The van der Waals surface area contributed by atoms with Crippen molar-refractivity contribution in [2.75, 3.05) is 5.32 Å². The molecule has 32 heavy (non-hydrogen) atoms. The zero-order chi connectivity index (χ0) is 23.2. The molecule has 0 unspecified atom stereocenters. The van der Waals surface area contributed by atoms with Crippen LogP contribution in [-0.4, -0.2) is 19.6 Å². The first-order valence-electron chi connectivity index (χ1n) is 9.81. The Bertz CT molecular complexity index is 1480. The van der Waals surface area contributed by atoms with Gasteiger partial charge < -0.3 is 9.88 Å². The highest BCUT2D eigenvalue weighted by molar-refractivity contribution is 6.31. The molecule has 2 heterocycles. The normalized spacial score (nSPS) is 11.2. The minimum Gasteiger partial charge on any atom is -0.342 e. The lowest BCUT2D eigenvalue weighted by Gasteiger charge is -2.13. The Morgan fingerprint density at radius 2 is 1.75 bits per heavy atom. The standard InChI is InChI=1S/C23H20ClFN4O3/c1-13-4-7-16(11-18(13)24)26-20(30)12-28-19-10-14(2)27(3)21(19)22(31)29(23(28)32)17-8-5-15(25)6-9-17/h4-11H,12H2,1-3H3,(H,26,30). The second-order valence-corrected chi connectivity index (χ2v) is 7.98. The molecule has 4 rings (SSSR count). The molecule has 9 heteroatoms. The Labute approximate surface area is 187 Å².